The van der Waals surface area contributed by atoms with Crippen molar-refractivity contribution in [1.82, 2.24) is 4.90 Å². The summed E-state index contributed by atoms with van der Waals surface area (Å²) in [5.41, 5.74) is 0. The Morgan fingerprint density at radius 2 is 1.18 bits per heavy atom. The predicted molar refractivity (Wildman–Crippen MR) is 96.2 cm³/mol. The lowest BCUT2D eigenvalue weighted by molar-refractivity contribution is 0.0696. The summed E-state index contributed by atoms with van der Waals surface area (Å²) >= 11 is 0. The first-order chi connectivity index (χ1) is 10.4. The van der Waals surface area contributed by atoms with E-state index in [0.717, 1.165) is 32.1 Å². The molecule has 0 fully saturated rings. The molecule has 0 aromatic rings. The maximum Gasteiger partial charge on any atom is 0.500 e. The van der Waals surface area contributed by atoms with Gasteiger partial charge in [0.1, 0.15) is 0 Å². The zero-order valence-corrected chi connectivity index (χ0v) is 17.0. The molecule has 4 nitrogen and oxygen atoms in total. The van der Waals surface area contributed by atoms with E-state index in [0.29, 0.717) is 31.7 Å². The minimum absolute atomic E-state index is 0.661. The fourth-order valence-electron chi connectivity index (χ4n) is 2.81. The Balaban J connectivity index is 4.52. The van der Waals surface area contributed by atoms with Crippen LogP contribution >= 0.6 is 0 Å². The zero-order valence-electron chi connectivity index (χ0n) is 16.0. The summed E-state index contributed by atoms with van der Waals surface area (Å²) in [6, 6.07) is 0.912. The van der Waals surface area contributed by atoms with Crippen molar-refractivity contribution in [3.8, 4) is 0 Å². The molecule has 0 amide bonds. The maximum atomic E-state index is 5.93. The Labute approximate surface area is 139 Å². The first-order valence-corrected chi connectivity index (χ1v) is 11.0. The quantitative estimate of drug-likeness (QED) is 0.449. The van der Waals surface area contributed by atoms with Crippen LogP contribution in [0.2, 0.25) is 6.04 Å². The second kappa shape index (κ2) is 12.5. The van der Waals surface area contributed by atoms with Gasteiger partial charge in [-0.1, -0.05) is 27.7 Å². The predicted octanol–water partition coefficient (Wildman–Crippen LogP) is 4.04. The minimum Gasteiger partial charge on any atom is -0.374 e. The fourth-order valence-corrected chi connectivity index (χ4v) is 5.40. The molecule has 22 heavy (non-hydrogen) atoms. The van der Waals surface area contributed by atoms with Crippen molar-refractivity contribution in [3.05, 3.63) is 0 Å². The summed E-state index contributed by atoms with van der Waals surface area (Å²) in [7, 11) is -2.47. The van der Waals surface area contributed by atoms with Crippen LogP contribution < -0.4 is 0 Å². The molecule has 0 unspecified atom stereocenters. The molecule has 134 valence electrons. The van der Waals surface area contributed by atoms with Crippen molar-refractivity contribution in [2.45, 2.75) is 60.9 Å². The topological polar surface area (TPSA) is 30.9 Å². The molecule has 0 aliphatic rings. The average Bonchev–Trinajstić information content (AvgIpc) is 2.38. The minimum atomic E-state index is -2.47. The van der Waals surface area contributed by atoms with Crippen LogP contribution in [0.25, 0.3) is 0 Å². The van der Waals surface area contributed by atoms with Crippen LogP contribution in [0.3, 0.4) is 0 Å². The smallest absolute Gasteiger partial charge is 0.374 e. The molecule has 0 aromatic carbocycles. The van der Waals surface area contributed by atoms with E-state index in [-0.39, 0.29) is 0 Å². The third kappa shape index (κ3) is 9.95. The summed E-state index contributed by atoms with van der Waals surface area (Å²) in [5.74, 6) is 1.40. The van der Waals surface area contributed by atoms with Gasteiger partial charge in [-0.2, -0.15) is 0 Å². The van der Waals surface area contributed by atoms with Gasteiger partial charge >= 0.3 is 8.80 Å². The molecular formula is C17H39NO3Si. The molecule has 0 radical (unpaired) electrons. The monoisotopic (exact) mass is 333 g/mol. The zero-order chi connectivity index (χ0) is 17.0. The van der Waals surface area contributed by atoms with E-state index in [1.54, 1.807) is 0 Å². The third-order valence-electron chi connectivity index (χ3n) is 3.30. The Kier molecular flexibility index (Phi) is 12.5. The van der Waals surface area contributed by atoms with E-state index in [1.807, 2.05) is 20.8 Å². The molecular weight excluding hydrogens is 294 g/mol. The Morgan fingerprint density at radius 3 is 1.50 bits per heavy atom. The molecule has 0 aliphatic heterocycles. The summed E-state index contributed by atoms with van der Waals surface area (Å²) in [6.07, 6.45) is 1.08. The summed E-state index contributed by atoms with van der Waals surface area (Å²) in [6.45, 7) is 20.6. The van der Waals surface area contributed by atoms with Crippen LogP contribution in [0.4, 0.5) is 0 Å². The van der Waals surface area contributed by atoms with Crippen LogP contribution in [0.1, 0.15) is 54.9 Å². The van der Waals surface area contributed by atoms with Crippen molar-refractivity contribution in [1.29, 1.82) is 0 Å². The lowest BCUT2D eigenvalue weighted by Gasteiger charge is -2.30. The highest BCUT2D eigenvalue weighted by Gasteiger charge is 2.39. The van der Waals surface area contributed by atoms with Crippen molar-refractivity contribution in [2.75, 3.05) is 39.5 Å². The largest absolute Gasteiger partial charge is 0.500 e. The number of rotatable bonds is 14. The fraction of sp³-hybridized carbons (Fsp3) is 1.00. The average molecular weight is 334 g/mol. The Morgan fingerprint density at radius 1 is 0.773 bits per heavy atom. The second-order valence-electron chi connectivity index (χ2n) is 6.63. The van der Waals surface area contributed by atoms with Crippen LogP contribution in [0.5, 0.6) is 0 Å². The summed E-state index contributed by atoms with van der Waals surface area (Å²) in [5, 5.41) is 0. The second-order valence-corrected chi connectivity index (χ2v) is 9.36. The molecule has 0 aromatic heterocycles. The van der Waals surface area contributed by atoms with Gasteiger partial charge in [0.05, 0.1) is 0 Å². The van der Waals surface area contributed by atoms with Gasteiger partial charge in [0.2, 0.25) is 0 Å². The van der Waals surface area contributed by atoms with Gasteiger partial charge in [-0.25, -0.2) is 0 Å². The number of nitrogens with zero attached hydrogens (tertiary/aromatic N) is 1. The number of hydrogen-bond donors (Lipinski definition) is 0. The van der Waals surface area contributed by atoms with E-state index in [2.05, 4.69) is 32.6 Å². The molecule has 0 spiro atoms. The SMILES string of the molecule is CCO[Si](CCCN(CC(C)C)CC(C)C)(OCC)OCC. The van der Waals surface area contributed by atoms with E-state index in [1.165, 1.54) is 0 Å². The molecule has 0 aliphatic carbocycles. The molecule has 0 bridgehead atoms. The molecule has 0 atom stereocenters. The first-order valence-electron chi connectivity index (χ1n) is 9.03. The molecule has 0 saturated heterocycles. The van der Waals surface area contributed by atoms with Gasteiger partial charge in [-0.3, -0.25) is 0 Å². The van der Waals surface area contributed by atoms with Gasteiger partial charge in [-0.15, -0.1) is 0 Å². The van der Waals surface area contributed by atoms with E-state index in [4.69, 9.17) is 13.3 Å². The van der Waals surface area contributed by atoms with E-state index >= 15 is 0 Å². The molecule has 0 saturated carbocycles. The van der Waals surface area contributed by atoms with Crippen molar-refractivity contribution in [2.24, 2.45) is 11.8 Å². The van der Waals surface area contributed by atoms with Crippen LogP contribution in [0, 0.1) is 11.8 Å². The highest BCUT2D eigenvalue weighted by molar-refractivity contribution is 6.60. The Hall–Kier alpha value is 0.0569. The van der Waals surface area contributed by atoms with Crippen molar-refractivity contribution >= 4 is 8.80 Å². The highest BCUT2D eigenvalue weighted by Crippen LogP contribution is 2.19. The van der Waals surface area contributed by atoms with Crippen LogP contribution in [0.15, 0.2) is 0 Å². The molecule has 0 N–H and O–H groups in total. The van der Waals surface area contributed by atoms with Gasteiger partial charge in [0, 0.05) is 39.0 Å². The van der Waals surface area contributed by atoms with Gasteiger partial charge in [0.15, 0.2) is 0 Å². The Bertz CT molecular complexity index is 235. The lowest BCUT2D eigenvalue weighted by Crippen LogP contribution is -2.46. The lowest BCUT2D eigenvalue weighted by atomic mass is 10.1. The highest BCUT2D eigenvalue weighted by atomic mass is 28.4. The summed E-state index contributed by atoms with van der Waals surface area (Å²) < 4.78 is 17.8. The molecule has 5 heteroatoms. The van der Waals surface area contributed by atoms with Gasteiger partial charge in [0.25, 0.3) is 0 Å². The van der Waals surface area contributed by atoms with E-state index < -0.39 is 8.80 Å². The van der Waals surface area contributed by atoms with Crippen LogP contribution in [-0.2, 0) is 13.3 Å². The summed E-state index contributed by atoms with van der Waals surface area (Å²) in [4.78, 5) is 2.57. The third-order valence-corrected chi connectivity index (χ3v) is 6.45. The first kappa shape index (κ1) is 22.1. The number of hydrogen-bond acceptors (Lipinski definition) is 4. The molecule has 0 heterocycles. The molecule has 0 rings (SSSR count). The maximum absolute atomic E-state index is 5.93. The van der Waals surface area contributed by atoms with E-state index in [9.17, 15) is 0 Å². The van der Waals surface area contributed by atoms with Gasteiger partial charge in [-0.05, 0) is 45.6 Å². The van der Waals surface area contributed by atoms with Gasteiger partial charge < -0.3 is 18.2 Å². The van der Waals surface area contributed by atoms with Crippen LogP contribution in [-0.4, -0.2) is 53.2 Å². The standard InChI is InChI=1S/C17H39NO3Si/c1-8-19-22(20-9-2,21-10-3)13-11-12-18(14-16(4)5)15-17(6)7/h16-17H,8-15H2,1-7H3. The normalized spacial score (nSPS) is 12.8. The van der Waals surface area contributed by atoms with Crippen molar-refractivity contribution in [3.63, 3.8) is 0 Å². The van der Waals surface area contributed by atoms with Crippen molar-refractivity contribution < 1.29 is 13.3 Å².